The van der Waals surface area contributed by atoms with Gasteiger partial charge in [0, 0.05) is 18.8 Å². The highest BCUT2D eigenvalue weighted by molar-refractivity contribution is 5.66. The molecule has 0 radical (unpaired) electrons. The van der Waals surface area contributed by atoms with Crippen LogP contribution in [0.25, 0.3) is 6.08 Å². The van der Waals surface area contributed by atoms with E-state index in [1.165, 1.54) is 19.9 Å². The van der Waals surface area contributed by atoms with Crippen LogP contribution in [-0.2, 0) is 9.53 Å². The molecule has 1 atom stereocenters. The Bertz CT molecular complexity index is 509. The van der Waals surface area contributed by atoms with Crippen LogP contribution in [-0.4, -0.2) is 30.1 Å². The number of carbonyl (C=O) groups is 1. The van der Waals surface area contributed by atoms with Crippen molar-refractivity contribution >= 4 is 12.0 Å². The van der Waals surface area contributed by atoms with E-state index < -0.39 is 16.4 Å². The number of esters is 1. The van der Waals surface area contributed by atoms with Crippen molar-refractivity contribution in [2.45, 2.75) is 19.4 Å². The monoisotopic (exact) mass is 279 g/mol. The minimum absolute atomic E-state index is 0.304. The van der Waals surface area contributed by atoms with Crippen LogP contribution < -0.4 is 4.74 Å². The highest BCUT2D eigenvalue weighted by Crippen LogP contribution is 2.17. The number of hydrogen-bond donors (Lipinski definition) is 0. The van der Waals surface area contributed by atoms with Crippen LogP contribution in [0.2, 0.25) is 0 Å². The van der Waals surface area contributed by atoms with Gasteiger partial charge in [-0.1, -0.05) is 18.2 Å². The molecule has 0 aliphatic heterocycles. The van der Waals surface area contributed by atoms with Crippen LogP contribution in [0.3, 0.4) is 0 Å². The second-order valence-corrected chi connectivity index (χ2v) is 4.50. The first kappa shape index (κ1) is 15.7. The van der Waals surface area contributed by atoms with Gasteiger partial charge in [-0.05, 0) is 23.8 Å². The largest absolute Gasteiger partial charge is 0.497 e. The second kappa shape index (κ2) is 6.70. The molecule has 1 unspecified atom stereocenters. The van der Waals surface area contributed by atoms with E-state index in [1.54, 1.807) is 37.5 Å². The molecule has 0 heterocycles. The molecule has 0 N–H and O–H groups in total. The van der Waals surface area contributed by atoms with Crippen molar-refractivity contribution < 1.29 is 19.2 Å². The normalized spacial score (nSPS) is 13.8. The lowest BCUT2D eigenvalue weighted by molar-refractivity contribution is -0.553. The smallest absolute Gasteiger partial charge is 0.302 e. The van der Waals surface area contributed by atoms with Crippen molar-refractivity contribution in [1.82, 2.24) is 0 Å². The van der Waals surface area contributed by atoms with E-state index in [1.807, 2.05) is 0 Å². The van der Waals surface area contributed by atoms with Crippen molar-refractivity contribution in [2.24, 2.45) is 0 Å². The Hall–Kier alpha value is -2.37. The molecule has 0 amide bonds. The molecule has 0 spiro atoms. The van der Waals surface area contributed by atoms with Crippen molar-refractivity contribution in [3.8, 4) is 5.75 Å². The minimum Gasteiger partial charge on any atom is -0.497 e. The predicted molar refractivity (Wildman–Crippen MR) is 74.1 cm³/mol. The molecule has 0 aromatic heterocycles. The van der Waals surface area contributed by atoms with E-state index in [4.69, 9.17) is 9.47 Å². The fraction of sp³-hybridized carbons (Fsp3) is 0.357. The van der Waals surface area contributed by atoms with E-state index >= 15 is 0 Å². The molecular formula is C14H17NO5. The first-order valence-corrected chi connectivity index (χ1v) is 5.98. The molecule has 6 heteroatoms. The highest BCUT2D eigenvalue weighted by Gasteiger charge is 2.35. The van der Waals surface area contributed by atoms with Crippen LogP contribution >= 0.6 is 0 Å². The van der Waals surface area contributed by atoms with Gasteiger partial charge in [0.2, 0.25) is 0 Å². The fourth-order valence-electron chi connectivity index (χ4n) is 1.40. The molecule has 1 rings (SSSR count). The lowest BCUT2D eigenvalue weighted by atomic mass is 10.0. The molecule has 0 bridgehead atoms. The van der Waals surface area contributed by atoms with Crippen LogP contribution in [0.1, 0.15) is 19.4 Å². The van der Waals surface area contributed by atoms with Gasteiger partial charge in [0.25, 0.3) is 5.54 Å². The van der Waals surface area contributed by atoms with Gasteiger partial charge in [-0.15, -0.1) is 0 Å². The zero-order valence-corrected chi connectivity index (χ0v) is 11.7. The predicted octanol–water partition coefficient (Wildman–Crippen LogP) is 2.31. The van der Waals surface area contributed by atoms with E-state index in [9.17, 15) is 14.9 Å². The number of ether oxygens (including phenoxy) is 2. The van der Waals surface area contributed by atoms with Crippen molar-refractivity contribution in [3.05, 3.63) is 46.0 Å². The standard InChI is InChI=1S/C14H17NO5/c1-11(16)20-10-14(2,15(17)18)9-8-12-4-6-13(19-3)7-5-12/h4-9H,10H2,1-3H3/b9-8+. The quantitative estimate of drug-likeness (QED) is 0.453. The summed E-state index contributed by atoms with van der Waals surface area (Å²) in [6, 6.07) is 7.08. The zero-order valence-electron chi connectivity index (χ0n) is 11.7. The van der Waals surface area contributed by atoms with E-state index in [0.29, 0.717) is 5.75 Å². The number of hydrogen-bond acceptors (Lipinski definition) is 5. The summed E-state index contributed by atoms with van der Waals surface area (Å²) in [6.45, 7) is 2.31. The zero-order chi connectivity index (χ0) is 15.2. The van der Waals surface area contributed by atoms with Crippen LogP contribution in [0.5, 0.6) is 5.75 Å². The third kappa shape index (κ3) is 4.38. The molecule has 6 nitrogen and oxygen atoms in total. The van der Waals surface area contributed by atoms with Gasteiger partial charge in [0.1, 0.15) is 5.75 Å². The average molecular weight is 279 g/mol. The van der Waals surface area contributed by atoms with Crippen molar-refractivity contribution in [3.63, 3.8) is 0 Å². The van der Waals surface area contributed by atoms with Gasteiger partial charge in [-0.2, -0.15) is 0 Å². The van der Waals surface area contributed by atoms with Gasteiger partial charge in [-0.3, -0.25) is 14.9 Å². The van der Waals surface area contributed by atoms with Crippen LogP contribution in [0, 0.1) is 10.1 Å². The Balaban J connectivity index is 2.85. The van der Waals surface area contributed by atoms with E-state index in [0.717, 1.165) is 5.56 Å². The summed E-state index contributed by atoms with van der Waals surface area (Å²) in [5.41, 5.74) is -0.660. The summed E-state index contributed by atoms with van der Waals surface area (Å²) in [5.74, 6) is 0.162. The molecule has 1 aromatic carbocycles. The maximum atomic E-state index is 11.1. The molecule has 0 saturated carbocycles. The summed E-state index contributed by atoms with van der Waals surface area (Å²) in [4.78, 5) is 21.4. The van der Waals surface area contributed by atoms with Crippen molar-refractivity contribution in [1.29, 1.82) is 0 Å². The lowest BCUT2D eigenvalue weighted by Gasteiger charge is -2.16. The summed E-state index contributed by atoms with van der Waals surface area (Å²) in [6.07, 6.45) is 3.03. The number of nitrogens with zero attached hydrogens (tertiary/aromatic N) is 1. The van der Waals surface area contributed by atoms with Crippen LogP contribution in [0.4, 0.5) is 0 Å². The first-order valence-electron chi connectivity index (χ1n) is 5.98. The number of rotatable bonds is 6. The molecule has 0 saturated heterocycles. The number of benzene rings is 1. The van der Waals surface area contributed by atoms with Crippen LogP contribution in [0.15, 0.2) is 30.3 Å². The van der Waals surface area contributed by atoms with Gasteiger partial charge in [0.15, 0.2) is 6.61 Å². The fourth-order valence-corrected chi connectivity index (χ4v) is 1.40. The van der Waals surface area contributed by atoms with Gasteiger partial charge < -0.3 is 9.47 Å². The molecule has 108 valence electrons. The third-order valence-corrected chi connectivity index (χ3v) is 2.74. The van der Waals surface area contributed by atoms with Crippen molar-refractivity contribution in [2.75, 3.05) is 13.7 Å². The lowest BCUT2D eigenvalue weighted by Crippen LogP contribution is -2.38. The third-order valence-electron chi connectivity index (χ3n) is 2.74. The van der Waals surface area contributed by atoms with Gasteiger partial charge in [0.05, 0.1) is 7.11 Å². The minimum atomic E-state index is -1.45. The molecule has 1 aromatic rings. The Morgan fingerprint density at radius 1 is 1.40 bits per heavy atom. The Morgan fingerprint density at radius 2 is 2.00 bits per heavy atom. The SMILES string of the molecule is COc1ccc(/C=C/C(C)(COC(C)=O)[N+](=O)[O-])cc1. The Kier molecular flexibility index (Phi) is 5.25. The highest BCUT2D eigenvalue weighted by atomic mass is 16.6. The maximum absolute atomic E-state index is 11.1. The number of nitro groups is 1. The molecular weight excluding hydrogens is 262 g/mol. The first-order chi connectivity index (χ1) is 9.37. The Labute approximate surface area is 117 Å². The Morgan fingerprint density at radius 3 is 2.45 bits per heavy atom. The van der Waals surface area contributed by atoms with E-state index in [-0.39, 0.29) is 6.61 Å². The topological polar surface area (TPSA) is 78.7 Å². The molecule has 0 aliphatic carbocycles. The number of methoxy groups -OCH3 is 1. The van der Waals surface area contributed by atoms with E-state index in [2.05, 4.69) is 0 Å². The van der Waals surface area contributed by atoms with Gasteiger partial charge in [-0.25, -0.2) is 0 Å². The van der Waals surface area contributed by atoms with Gasteiger partial charge >= 0.3 is 5.97 Å². The summed E-state index contributed by atoms with van der Waals surface area (Å²) < 4.78 is 9.77. The molecule has 0 fully saturated rings. The molecule has 0 aliphatic rings. The summed E-state index contributed by atoms with van der Waals surface area (Å²) in [7, 11) is 1.56. The average Bonchev–Trinajstić information content (AvgIpc) is 2.43. The molecule has 20 heavy (non-hydrogen) atoms. The summed E-state index contributed by atoms with van der Waals surface area (Å²) >= 11 is 0. The maximum Gasteiger partial charge on any atom is 0.302 e. The summed E-state index contributed by atoms with van der Waals surface area (Å²) in [5, 5.41) is 11.1. The number of carbonyl (C=O) groups excluding carboxylic acids is 1. The second-order valence-electron chi connectivity index (χ2n) is 4.50.